The van der Waals surface area contributed by atoms with Gasteiger partial charge < -0.3 is 5.32 Å². The Kier molecular flexibility index (Phi) is 5.62. The minimum atomic E-state index is -3.12. The Morgan fingerprint density at radius 1 is 1.28 bits per heavy atom. The van der Waals surface area contributed by atoms with Gasteiger partial charge in [0.25, 0.3) is 0 Å². The van der Waals surface area contributed by atoms with Gasteiger partial charge in [-0.05, 0) is 58.5 Å². The van der Waals surface area contributed by atoms with Gasteiger partial charge in [-0.15, -0.1) is 0 Å². The summed E-state index contributed by atoms with van der Waals surface area (Å²) in [5.41, 5.74) is -0.285. The Bertz CT molecular complexity index is 346. The molecule has 0 atom stereocenters. The summed E-state index contributed by atoms with van der Waals surface area (Å²) >= 11 is 0. The smallest absolute Gasteiger partial charge is 0.214 e. The lowest BCUT2D eigenvalue weighted by Gasteiger charge is -2.34. The quantitative estimate of drug-likeness (QED) is 0.805. The lowest BCUT2D eigenvalue weighted by Crippen LogP contribution is -2.45. The van der Waals surface area contributed by atoms with Gasteiger partial charge in [0.2, 0.25) is 10.0 Å². The molecule has 0 saturated carbocycles. The second-order valence-electron chi connectivity index (χ2n) is 5.93. The summed E-state index contributed by atoms with van der Waals surface area (Å²) in [5, 5.41) is 3.31. The first-order valence-electron chi connectivity index (χ1n) is 6.97. The molecule has 0 spiro atoms. The van der Waals surface area contributed by atoms with Crippen LogP contribution in [-0.2, 0) is 10.0 Å². The van der Waals surface area contributed by atoms with Crippen LogP contribution in [0.25, 0.3) is 0 Å². The van der Waals surface area contributed by atoms with E-state index < -0.39 is 10.0 Å². The Labute approximate surface area is 112 Å². The molecule has 108 valence electrons. The van der Waals surface area contributed by atoms with Crippen molar-refractivity contribution in [3.8, 4) is 0 Å². The molecular formula is C13H28N2O2S. The van der Waals surface area contributed by atoms with E-state index >= 15 is 0 Å². The maximum atomic E-state index is 12.3. The van der Waals surface area contributed by atoms with E-state index in [0.29, 0.717) is 5.92 Å². The van der Waals surface area contributed by atoms with Gasteiger partial charge >= 0.3 is 0 Å². The molecule has 0 aromatic heterocycles. The zero-order valence-electron chi connectivity index (χ0n) is 12.2. The Morgan fingerprint density at radius 3 is 2.33 bits per heavy atom. The molecule has 0 amide bonds. The van der Waals surface area contributed by atoms with E-state index in [9.17, 15) is 8.42 Å². The predicted octanol–water partition coefficient (Wildman–Crippen LogP) is 1.83. The topological polar surface area (TPSA) is 49.4 Å². The second-order valence-corrected chi connectivity index (χ2v) is 8.05. The average molecular weight is 276 g/mol. The third-order valence-corrected chi connectivity index (χ3v) is 6.46. The molecule has 1 heterocycles. The zero-order valence-corrected chi connectivity index (χ0v) is 13.0. The summed E-state index contributed by atoms with van der Waals surface area (Å²) < 4.78 is 26.1. The number of nitrogens with one attached hydrogen (secondary N) is 1. The number of hydrogen-bond donors (Lipinski definition) is 1. The minimum Gasteiger partial charge on any atom is -0.317 e. The maximum Gasteiger partial charge on any atom is 0.214 e. The van der Waals surface area contributed by atoms with Crippen molar-refractivity contribution in [2.45, 2.75) is 52.0 Å². The first-order valence-corrected chi connectivity index (χ1v) is 8.58. The Hall–Kier alpha value is -0.130. The van der Waals surface area contributed by atoms with Crippen molar-refractivity contribution in [2.75, 3.05) is 25.9 Å². The highest BCUT2D eigenvalue weighted by Gasteiger charge is 2.31. The first-order chi connectivity index (χ1) is 8.29. The fourth-order valence-electron chi connectivity index (χ4n) is 2.22. The average Bonchev–Trinajstić information content (AvgIpc) is 2.37. The van der Waals surface area contributed by atoms with Crippen molar-refractivity contribution < 1.29 is 8.42 Å². The van der Waals surface area contributed by atoms with Crippen molar-refractivity contribution in [3.05, 3.63) is 0 Å². The van der Waals surface area contributed by atoms with Gasteiger partial charge in [-0.25, -0.2) is 8.42 Å². The van der Waals surface area contributed by atoms with E-state index in [2.05, 4.69) is 5.32 Å². The highest BCUT2D eigenvalue weighted by atomic mass is 32.2. The summed E-state index contributed by atoms with van der Waals surface area (Å²) in [6, 6.07) is 0. The van der Waals surface area contributed by atoms with Crippen LogP contribution >= 0.6 is 0 Å². The third kappa shape index (κ3) is 4.21. The van der Waals surface area contributed by atoms with Crippen molar-refractivity contribution in [3.63, 3.8) is 0 Å². The second kappa shape index (κ2) is 6.35. The molecule has 18 heavy (non-hydrogen) atoms. The van der Waals surface area contributed by atoms with Crippen LogP contribution in [0.15, 0.2) is 0 Å². The number of hydrogen-bond acceptors (Lipinski definition) is 3. The van der Waals surface area contributed by atoms with Crippen molar-refractivity contribution in [2.24, 2.45) is 5.92 Å². The van der Waals surface area contributed by atoms with E-state index in [0.717, 1.165) is 38.8 Å². The third-order valence-electron chi connectivity index (χ3n) is 4.38. The standard InChI is InChI=1S/C13H28N2O2S/c1-5-13(2,3)15(4)18(16,17)11-8-12-6-9-14-10-7-12/h12,14H,5-11H2,1-4H3. The molecule has 1 saturated heterocycles. The molecule has 0 bridgehead atoms. The molecular weight excluding hydrogens is 248 g/mol. The van der Waals surface area contributed by atoms with Gasteiger partial charge in [0.1, 0.15) is 0 Å². The molecule has 0 radical (unpaired) electrons. The van der Waals surface area contributed by atoms with Crippen LogP contribution < -0.4 is 5.32 Å². The van der Waals surface area contributed by atoms with Gasteiger partial charge in [-0.2, -0.15) is 4.31 Å². The van der Waals surface area contributed by atoms with Crippen LogP contribution in [0.1, 0.15) is 46.5 Å². The van der Waals surface area contributed by atoms with Gasteiger partial charge in [-0.3, -0.25) is 0 Å². The van der Waals surface area contributed by atoms with Crippen molar-refractivity contribution in [1.82, 2.24) is 9.62 Å². The Morgan fingerprint density at radius 2 is 1.83 bits per heavy atom. The maximum absolute atomic E-state index is 12.3. The number of piperidine rings is 1. The normalized spacial score (nSPS) is 19.4. The van der Waals surface area contributed by atoms with Crippen LogP contribution in [0.4, 0.5) is 0 Å². The lowest BCUT2D eigenvalue weighted by molar-refractivity contribution is 0.255. The van der Waals surface area contributed by atoms with Crippen molar-refractivity contribution >= 4 is 10.0 Å². The summed E-state index contributed by atoms with van der Waals surface area (Å²) in [4.78, 5) is 0. The molecule has 0 unspecified atom stereocenters. The number of sulfonamides is 1. The molecule has 4 nitrogen and oxygen atoms in total. The number of nitrogens with zero attached hydrogens (tertiary/aromatic N) is 1. The van der Waals surface area contributed by atoms with E-state index in [1.165, 1.54) is 0 Å². The summed E-state index contributed by atoms with van der Waals surface area (Å²) in [6.45, 7) is 8.05. The molecule has 5 heteroatoms. The molecule has 1 aliphatic rings. The molecule has 0 aromatic rings. The van der Waals surface area contributed by atoms with Crippen LogP contribution in [0.5, 0.6) is 0 Å². The van der Waals surface area contributed by atoms with E-state index in [4.69, 9.17) is 0 Å². The Balaban J connectivity index is 2.53. The van der Waals surface area contributed by atoms with E-state index in [-0.39, 0.29) is 11.3 Å². The van der Waals surface area contributed by atoms with E-state index in [1.807, 2.05) is 20.8 Å². The fourth-order valence-corrected chi connectivity index (χ4v) is 4.01. The zero-order chi connectivity index (χ0) is 13.8. The molecule has 1 rings (SSSR count). The van der Waals surface area contributed by atoms with Gasteiger partial charge in [0, 0.05) is 12.6 Å². The molecule has 1 aliphatic heterocycles. The largest absolute Gasteiger partial charge is 0.317 e. The highest BCUT2D eigenvalue weighted by molar-refractivity contribution is 7.89. The van der Waals surface area contributed by atoms with Crippen molar-refractivity contribution in [1.29, 1.82) is 0 Å². The van der Waals surface area contributed by atoms with Crippen LogP contribution in [0.2, 0.25) is 0 Å². The van der Waals surface area contributed by atoms with Crippen LogP contribution in [0, 0.1) is 5.92 Å². The lowest BCUT2D eigenvalue weighted by atomic mass is 9.96. The molecule has 1 N–H and O–H groups in total. The van der Waals surface area contributed by atoms with Crippen LogP contribution in [-0.4, -0.2) is 44.2 Å². The SMILES string of the molecule is CCC(C)(C)N(C)S(=O)(=O)CCC1CCNCC1. The minimum absolute atomic E-state index is 0.285. The van der Waals surface area contributed by atoms with Gasteiger partial charge in [-0.1, -0.05) is 6.92 Å². The highest BCUT2D eigenvalue weighted by Crippen LogP contribution is 2.23. The first kappa shape index (κ1) is 15.9. The summed E-state index contributed by atoms with van der Waals surface area (Å²) in [6.07, 6.45) is 3.84. The monoisotopic (exact) mass is 276 g/mol. The van der Waals surface area contributed by atoms with E-state index in [1.54, 1.807) is 11.4 Å². The van der Waals surface area contributed by atoms with Gasteiger partial charge in [0.15, 0.2) is 0 Å². The van der Waals surface area contributed by atoms with Gasteiger partial charge in [0.05, 0.1) is 5.75 Å². The molecule has 1 fully saturated rings. The predicted molar refractivity (Wildman–Crippen MR) is 76.1 cm³/mol. The van der Waals surface area contributed by atoms with Crippen LogP contribution in [0.3, 0.4) is 0 Å². The number of rotatable bonds is 6. The molecule has 0 aliphatic carbocycles. The summed E-state index contributed by atoms with van der Waals surface area (Å²) in [5.74, 6) is 0.858. The summed E-state index contributed by atoms with van der Waals surface area (Å²) in [7, 11) is -1.41. The molecule has 0 aromatic carbocycles. The fraction of sp³-hybridized carbons (Fsp3) is 1.00.